The third kappa shape index (κ3) is 2.89. The summed E-state index contributed by atoms with van der Waals surface area (Å²) in [6, 6.07) is 8.75. The van der Waals surface area contributed by atoms with Crippen LogP contribution in [0.1, 0.15) is 16.1 Å². The third-order valence-corrected chi connectivity index (χ3v) is 3.47. The number of carbonyl (C=O) groups is 1. The Morgan fingerprint density at radius 3 is 3.05 bits per heavy atom. The first kappa shape index (κ1) is 13.6. The van der Waals surface area contributed by atoms with Crippen molar-refractivity contribution < 1.29 is 13.6 Å². The average molecular weight is 291 g/mol. The monoisotopic (exact) mass is 291 g/mol. The number of fused-ring (bicyclic) bond motifs is 1. The zero-order valence-electron chi connectivity index (χ0n) is 11.3. The summed E-state index contributed by atoms with van der Waals surface area (Å²) >= 11 is 0. The molecule has 2 heterocycles. The van der Waals surface area contributed by atoms with E-state index in [1.54, 1.807) is 12.1 Å². The zero-order valence-corrected chi connectivity index (χ0v) is 11.3. The summed E-state index contributed by atoms with van der Waals surface area (Å²) in [5.74, 6) is -0.383. The molecule has 2 N–H and O–H groups in total. The van der Waals surface area contributed by atoms with E-state index in [1.807, 2.05) is 12.1 Å². The Kier molecular flexibility index (Phi) is 3.60. The van der Waals surface area contributed by atoms with E-state index in [9.17, 15) is 13.6 Å². The van der Waals surface area contributed by atoms with Crippen LogP contribution in [0, 0.1) is 0 Å². The van der Waals surface area contributed by atoms with Crippen molar-refractivity contribution in [1.29, 1.82) is 0 Å². The number of alkyl halides is 2. The molecular formula is C15H15F2N3O. The smallest absolute Gasteiger partial charge is 0.272 e. The minimum Gasteiger partial charge on any atom is -0.384 e. The number of halogens is 2. The number of nitrogens with zero attached hydrogens (tertiary/aromatic N) is 1. The van der Waals surface area contributed by atoms with Gasteiger partial charge in [-0.05, 0) is 42.3 Å². The van der Waals surface area contributed by atoms with Gasteiger partial charge in [0.1, 0.15) is 5.69 Å². The maximum absolute atomic E-state index is 12.5. The molecule has 21 heavy (non-hydrogen) atoms. The van der Waals surface area contributed by atoms with Crippen molar-refractivity contribution in [2.24, 2.45) is 0 Å². The maximum atomic E-state index is 12.5. The highest BCUT2D eigenvalue weighted by Gasteiger charge is 2.15. The summed E-state index contributed by atoms with van der Waals surface area (Å²) < 4.78 is 26.2. The first-order valence-corrected chi connectivity index (χ1v) is 6.75. The van der Waals surface area contributed by atoms with Gasteiger partial charge in [0.25, 0.3) is 12.3 Å². The van der Waals surface area contributed by atoms with Gasteiger partial charge in [-0.15, -0.1) is 0 Å². The molecule has 110 valence electrons. The van der Waals surface area contributed by atoms with Gasteiger partial charge in [0.05, 0.1) is 6.54 Å². The van der Waals surface area contributed by atoms with E-state index in [0.29, 0.717) is 5.69 Å². The van der Waals surface area contributed by atoms with E-state index < -0.39 is 13.0 Å². The summed E-state index contributed by atoms with van der Waals surface area (Å²) in [7, 11) is 0. The molecule has 0 saturated heterocycles. The first-order chi connectivity index (χ1) is 10.1. The second-order valence-electron chi connectivity index (χ2n) is 4.94. The maximum Gasteiger partial charge on any atom is 0.272 e. The summed E-state index contributed by atoms with van der Waals surface area (Å²) in [5.41, 5.74) is 3.13. The van der Waals surface area contributed by atoms with E-state index in [-0.39, 0.29) is 11.6 Å². The van der Waals surface area contributed by atoms with Crippen molar-refractivity contribution in [3.63, 3.8) is 0 Å². The Balaban J connectivity index is 1.76. The van der Waals surface area contributed by atoms with Gasteiger partial charge < -0.3 is 15.2 Å². The second-order valence-corrected chi connectivity index (χ2v) is 4.94. The molecule has 0 radical (unpaired) electrons. The molecule has 2 aromatic rings. The van der Waals surface area contributed by atoms with Crippen LogP contribution in [0.5, 0.6) is 0 Å². The number of hydrogen-bond donors (Lipinski definition) is 2. The molecule has 6 heteroatoms. The number of aromatic nitrogens is 1. The van der Waals surface area contributed by atoms with E-state index in [2.05, 4.69) is 10.6 Å². The molecule has 0 aliphatic carbocycles. The van der Waals surface area contributed by atoms with Crippen molar-refractivity contribution in [2.75, 3.05) is 17.2 Å². The van der Waals surface area contributed by atoms with Crippen LogP contribution in [0.25, 0.3) is 0 Å². The third-order valence-electron chi connectivity index (χ3n) is 3.47. The van der Waals surface area contributed by atoms with Crippen LogP contribution in [0.15, 0.2) is 36.5 Å². The molecule has 1 amide bonds. The quantitative estimate of drug-likeness (QED) is 0.909. The van der Waals surface area contributed by atoms with Crippen LogP contribution in [0.2, 0.25) is 0 Å². The number of anilines is 2. The fourth-order valence-electron chi connectivity index (χ4n) is 2.51. The molecule has 3 rings (SSSR count). The lowest BCUT2D eigenvalue weighted by molar-refractivity contribution is 0.0998. The number of rotatable bonds is 4. The van der Waals surface area contributed by atoms with Gasteiger partial charge in [-0.3, -0.25) is 4.79 Å². The normalized spacial score (nSPS) is 13.1. The molecule has 0 atom stereocenters. The predicted molar refractivity (Wildman–Crippen MR) is 77.0 cm³/mol. The molecular weight excluding hydrogens is 276 g/mol. The molecule has 0 unspecified atom stereocenters. The lowest BCUT2D eigenvalue weighted by Gasteiger charge is -2.10. The van der Waals surface area contributed by atoms with Gasteiger partial charge in [-0.25, -0.2) is 8.78 Å². The van der Waals surface area contributed by atoms with Crippen molar-refractivity contribution in [1.82, 2.24) is 4.57 Å². The molecule has 0 bridgehead atoms. The number of nitrogens with one attached hydrogen (secondary N) is 2. The van der Waals surface area contributed by atoms with E-state index in [0.717, 1.165) is 24.2 Å². The highest BCUT2D eigenvalue weighted by Crippen LogP contribution is 2.25. The lowest BCUT2D eigenvalue weighted by atomic mass is 10.1. The fourth-order valence-corrected chi connectivity index (χ4v) is 2.51. The number of benzene rings is 1. The van der Waals surface area contributed by atoms with E-state index >= 15 is 0 Å². The average Bonchev–Trinajstić information content (AvgIpc) is 3.06. The van der Waals surface area contributed by atoms with Gasteiger partial charge in [-0.1, -0.05) is 0 Å². The van der Waals surface area contributed by atoms with Crippen molar-refractivity contribution in [3.8, 4) is 0 Å². The molecule has 1 aliphatic heterocycles. The van der Waals surface area contributed by atoms with Gasteiger partial charge in [0, 0.05) is 24.1 Å². The molecule has 4 nitrogen and oxygen atoms in total. The summed E-state index contributed by atoms with van der Waals surface area (Å²) in [6.45, 7) is 0.411. The number of amides is 1. The predicted octanol–water partition coefficient (Wildman–Crippen LogP) is 2.97. The molecule has 1 aromatic carbocycles. The van der Waals surface area contributed by atoms with Crippen molar-refractivity contribution >= 4 is 17.3 Å². The topological polar surface area (TPSA) is 46.1 Å². The number of carbonyl (C=O) groups excluding carboxylic acids is 1. The lowest BCUT2D eigenvalue weighted by Crippen LogP contribution is -2.18. The summed E-state index contributed by atoms with van der Waals surface area (Å²) in [5, 5.41) is 5.99. The second kappa shape index (κ2) is 5.55. The molecule has 1 aliphatic rings. The Bertz CT molecular complexity index is 667. The Labute approximate surface area is 120 Å². The van der Waals surface area contributed by atoms with E-state index in [1.165, 1.54) is 16.8 Å². The van der Waals surface area contributed by atoms with Crippen molar-refractivity contribution in [3.05, 3.63) is 47.8 Å². The van der Waals surface area contributed by atoms with Crippen molar-refractivity contribution in [2.45, 2.75) is 19.4 Å². The Hall–Kier alpha value is -2.37. The minimum atomic E-state index is -2.49. The SMILES string of the molecule is O=C(Nc1ccc2c(c1)CCN2)c1cccn1CC(F)F. The summed E-state index contributed by atoms with van der Waals surface area (Å²) in [4.78, 5) is 12.2. The van der Waals surface area contributed by atoms with Gasteiger partial charge in [0.2, 0.25) is 0 Å². The van der Waals surface area contributed by atoms with Crippen LogP contribution in [-0.2, 0) is 13.0 Å². The van der Waals surface area contributed by atoms with Crippen LogP contribution in [0.4, 0.5) is 20.2 Å². The van der Waals surface area contributed by atoms with Crippen LogP contribution in [-0.4, -0.2) is 23.4 Å². The largest absolute Gasteiger partial charge is 0.384 e. The van der Waals surface area contributed by atoms with Gasteiger partial charge in [-0.2, -0.15) is 0 Å². The Morgan fingerprint density at radius 1 is 1.38 bits per heavy atom. The van der Waals surface area contributed by atoms with Gasteiger partial charge in [0.15, 0.2) is 0 Å². The molecule has 0 saturated carbocycles. The molecule has 0 fully saturated rings. The number of hydrogen-bond acceptors (Lipinski definition) is 2. The highest BCUT2D eigenvalue weighted by molar-refractivity contribution is 6.03. The van der Waals surface area contributed by atoms with Crippen LogP contribution < -0.4 is 10.6 Å². The van der Waals surface area contributed by atoms with Crippen LogP contribution in [0.3, 0.4) is 0 Å². The van der Waals surface area contributed by atoms with Crippen LogP contribution >= 0.6 is 0 Å². The first-order valence-electron chi connectivity index (χ1n) is 6.75. The minimum absolute atomic E-state index is 0.230. The molecule has 0 spiro atoms. The summed E-state index contributed by atoms with van der Waals surface area (Å²) in [6.07, 6.45) is -0.0934. The zero-order chi connectivity index (χ0) is 14.8. The molecule has 1 aromatic heterocycles. The van der Waals surface area contributed by atoms with Gasteiger partial charge >= 0.3 is 0 Å². The standard InChI is InChI=1S/C15H15F2N3O/c16-14(17)9-20-7-1-2-13(20)15(21)19-11-3-4-12-10(8-11)5-6-18-12/h1-4,7-8,14,18H,5-6,9H2,(H,19,21). The fraction of sp³-hybridized carbons (Fsp3) is 0.267. The van der Waals surface area contributed by atoms with E-state index in [4.69, 9.17) is 0 Å². The highest BCUT2D eigenvalue weighted by atomic mass is 19.3. The Morgan fingerprint density at radius 2 is 2.24 bits per heavy atom.